The van der Waals surface area contributed by atoms with Crippen LogP contribution in [-0.2, 0) is 11.8 Å². The summed E-state index contributed by atoms with van der Waals surface area (Å²) < 4.78 is 7.00. The van der Waals surface area contributed by atoms with Crippen LogP contribution in [0.15, 0.2) is 18.3 Å². The fraction of sp³-hybridized carbons (Fsp3) is 0.429. The van der Waals surface area contributed by atoms with Crippen LogP contribution < -0.4 is 4.90 Å². The van der Waals surface area contributed by atoms with Crippen LogP contribution in [0, 0.1) is 13.8 Å². The molecule has 3 aromatic rings. The smallest absolute Gasteiger partial charge is 0.341 e. The summed E-state index contributed by atoms with van der Waals surface area (Å²) in [4.78, 5) is 35.8. The second-order valence-electron chi connectivity index (χ2n) is 7.34. The number of carbonyl (C=O) groups is 2. The molecule has 0 aliphatic carbocycles. The summed E-state index contributed by atoms with van der Waals surface area (Å²) in [5.74, 6) is -0.325. The Morgan fingerprint density at radius 3 is 2.53 bits per heavy atom. The minimum atomic E-state index is -0.391. The van der Waals surface area contributed by atoms with Gasteiger partial charge < -0.3 is 14.5 Å². The molecule has 3 aromatic heterocycles. The number of esters is 1. The molecule has 8 nitrogen and oxygen atoms in total. The summed E-state index contributed by atoms with van der Waals surface area (Å²) in [6.07, 6.45) is 1.57. The average molecular weight is 428 g/mol. The molecule has 158 valence electrons. The second kappa shape index (κ2) is 8.06. The van der Waals surface area contributed by atoms with E-state index in [1.54, 1.807) is 17.8 Å². The predicted octanol–water partition coefficient (Wildman–Crippen LogP) is 2.79. The Morgan fingerprint density at radius 2 is 1.90 bits per heavy atom. The number of nitrogens with zero attached hydrogens (tertiary/aromatic N) is 5. The number of hydrogen-bond acceptors (Lipinski definition) is 7. The Labute approximate surface area is 179 Å². The molecule has 30 heavy (non-hydrogen) atoms. The van der Waals surface area contributed by atoms with E-state index in [0.29, 0.717) is 38.3 Å². The molecule has 0 unspecified atom stereocenters. The summed E-state index contributed by atoms with van der Waals surface area (Å²) in [5.41, 5.74) is 2.77. The lowest BCUT2D eigenvalue weighted by Crippen LogP contribution is -2.49. The van der Waals surface area contributed by atoms with Gasteiger partial charge in [-0.2, -0.15) is 5.10 Å². The molecule has 0 atom stereocenters. The summed E-state index contributed by atoms with van der Waals surface area (Å²) in [5, 5.41) is 5.35. The van der Waals surface area contributed by atoms with E-state index in [1.807, 2.05) is 37.9 Å². The van der Waals surface area contributed by atoms with Crippen LogP contribution >= 0.6 is 11.3 Å². The van der Waals surface area contributed by atoms with E-state index >= 15 is 0 Å². The van der Waals surface area contributed by atoms with E-state index in [1.165, 1.54) is 11.3 Å². The first-order chi connectivity index (χ1) is 14.4. The highest BCUT2D eigenvalue weighted by atomic mass is 32.1. The minimum absolute atomic E-state index is 0.0656. The molecule has 0 bridgehead atoms. The molecule has 1 saturated heterocycles. The van der Waals surface area contributed by atoms with Crippen LogP contribution in [0.5, 0.6) is 0 Å². The number of carbonyl (C=O) groups excluding carboxylic acids is 2. The third-order valence-electron chi connectivity index (χ3n) is 5.33. The van der Waals surface area contributed by atoms with Gasteiger partial charge in [-0.15, -0.1) is 11.3 Å². The zero-order valence-corrected chi connectivity index (χ0v) is 18.5. The van der Waals surface area contributed by atoms with Crippen LogP contribution in [0.2, 0.25) is 0 Å². The molecule has 0 N–H and O–H groups in total. The number of thiophene rings is 1. The normalized spacial score (nSPS) is 14.4. The molecule has 0 spiro atoms. The van der Waals surface area contributed by atoms with Crippen molar-refractivity contribution in [1.82, 2.24) is 19.7 Å². The van der Waals surface area contributed by atoms with Crippen molar-refractivity contribution in [1.29, 1.82) is 0 Å². The first-order valence-electron chi connectivity index (χ1n) is 10.0. The molecule has 1 aliphatic rings. The Hall–Kier alpha value is -2.94. The van der Waals surface area contributed by atoms with Gasteiger partial charge in [-0.3, -0.25) is 9.48 Å². The van der Waals surface area contributed by atoms with E-state index in [-0.39, 0.29) is 5.91 Å². The van der Waals surface area contributed by atoms with Crippen LogP contribution in [0.25, 0.3) is 11.0 Å². The lowest BCUT2D eigenvalue weighted by Gasteiger charge is -2.36. The maximum absolute atomic E-state index is 12.8. The van der Waals surface area contributed by atoms with E-state index < -0.39 is 5.97 Å². The van der Waals surface area contributed by atoms with Gasteiger partial charge in [0.15, 0.2) is 5.65 Å². The van der Waals surface area contributed by atoms with Crippen LogP contribution in [0.1, 0.15) is 37.5 Å². The van der Waals surface area contributed by atoms with Crippen LogP contribution in [0.4, 0.5) is 5.69 Å². The number of aryl methyl sites for hydroxylation is 3. The van der Waals surface area contributed by atoms with Crippen LogP contribution in [0.3, 0.4) is 0 Å². The maximum Gasteiger partial charge on any atom is 0.341 e. The number of amides is 1. The van der Waals surface area contributed by atoms with Gasteiger partial charge >= 0.3 is 5.97 Å². The predicted molar refractivity (Wildman–Crippen MR) is 116 cm³/mol. The van der Waals surface area contributed by atoms with Crippen molar-refractivity contribution in [2.24, 2.45) is 7.05 Å². The van der Waals surface area contributed by atoms with Crippen molar-refractivity contribution in [3.8, 4) is 0 Å². The molecule has 0 saturated carbocycles. The first kappa shape index (κ1) is 20.3. The SMILES string of the molecule is CCOC(=O)c1cnc2c(c(C)nn2C)c1N1CCN(C(=O)c2ccc(C)s2)CC1. The van der Waals surface area contributed by atoms with Gasteiger partial charge in [0.2, 0.25) is 0 Å². The molecule has 1 amide bonds. The largest absolute Gasteiger partial charge is 0.462 e. The lowest BCUT2D eigenvalue weighted by atomic mass is 10.1. The van der Waals surface area contributed by atoms with Gasteiger partial charge in [-0.05, 0) is 32.9 Å². The molecule has 1 fully saturated rings. The van der Waals surface area contributed by atoms with Crippen molar-refractivity contribution >= 4 is 39.9 Å². The molecule has 9 heteroatoms. The fourth-order valence-corrected chi connectivity index (χ4v) is 4.75. The summed E-state index contributed by atoms with van der Waals surface area (Å²) in [6, 6.07) is 3.86. The number of rotatable bonds is 4. The lowest BCUT2D eigenvalue weighted by molar-refractivity contribution is 0.0525. The molecule has 0 aromatic carbocycles. The number of hydrogen-bond donors (Lipinski definition) is 0. The van der Waals surface area contributed by atoms with Crippen molar-refractivity contribution in [2.75, 3.05) is 37.7 Å². The zero-order chi connectivity index (χ0) is 21.4. The third-order valence-corrected chi connectivity index (χ3v) is 6.32. The highest BCUT2D eigenvalue weighted by Gasteiger charge is 2.29. The summed E-state index contributed by atoms with van der Waals surface area (Å²) in [7, 11) is 1.84. The van der Waals surface area contributed by atoms with E-state index in [9.17, 15) is 9.59 Å². The fourth-order valence-electron chi connectivity index (χ4n) is 3.92. The molecule has 4 heterocycles. The monoisotopic (exact) mass is 427 g/mol. The highest BCUT2D eigenvalue weighted by Crippen LogP contribution is 2.33. The molecular weight excluding hydrogens is 402 g/mol. The topological polar surface area (TPSA) is 80.6 Å². The standard InChI is InChI=1S/C21H25N5O3S/c1-5-29-21(28)15-12-22-19-17(14(3)23-24(19)4)18(15)25-8-10-26(11-9-25)20(27)16-7-6-13(2)30-16/h6-7,12H,5,8-11H2,1-4H3. The quantitative estimate of drug-likeness (QED) is 0.596. The summed E-state index contributed by atoms with van der Waals surface area (Å²) in [6.45, 7) is 8.41. The van der Waals surface area contributed by atoms with Gasteiger partial charge in [0, 0.05) is 44.3 Å². The average Bonchev–Trinajstić information content (AvgIpc) is 3.30. The number of aromatic nitrogens is 3. The van der Waals surface area contributed by atoms with E-state index in [0.717, 1.165) is 32.2 Å². The Morgan fingerprint density at radius 1 is 1.17 bits per heavy atom. The van der Waals surface area contributed by atoms with Crippen molar-refractivity contribution in [3.05, 3.63) is 39.3 Å². The first-order valence-corrected chi connectivity index (χ1v) is 10.8. The van der Waals surface area contributed by atoms with Gasteiger partial charge in [-0.25, -0.2) is 9.78 Å². The molecule has 1 aliphatic heterocycles. The minimum Gasteiger partial charge on any atom is -0.462 e. The number of ether oxygens (including phenoxy) is 1. The molecule has 4 rings (SSSR count). The van der Waals surface area contributed by atoms with Crippen LogP contribution in [-0.4, -0.2) is 64.3 Å². The summed E-state index contributed by atoms with van der Waals surface area (Å²) >= 11 is 1.52. The zero-order valence-electron chi connectivity index (χ0n) is 17.6. The Kier molecular flexibility index (Phi) is 5.46. The highest BCUT2D eigenvalue weighted by molar-refractivity contribution is 7.13. The number of piperazine rings is 1. The van der Waals surface area contributed by atoms with Gasteiger partial charge in [0.05, 0.1) is 28.3 Å². The van der Waals surface area contributed by atoms with Crippen molar-refractivity contribution in [2.45, 2.75) is 20.8 Å². The molecular formula is C21H25N5O3S. The van der Waals surface area contributed by atoms with Gasteiger partial charge in [0.1, 0.15) is 5.56 Å². The maximum atomic E-state index is 12.8. The second-order valence-corrected chi connectivity index (χ2v) is 8.63. The van der Waals surface area contributed by atoms with E-state index in [2.05, 4.69) is 15.0 Å². The van der Waals surface area contributed by atoms with Gasteiger partial charge in [-0.1, -0.05) is 0 Å². The number of fused-ring (bicyclic) bond motifs is 1. The third kappa shape index (κ3) is 3.54. The van der Waals surface area contributed by atoms with Crippen molar-refractivity contribution < 1.29 is 14.3 Å². The Bertz CT molecular complexity index is 1110. The van der Waals surface area contributed by atoms with Gasteiger partial charge in [0.25, 0.3) is 5.91 Å². The molecule has 0 radical (unpaired) electrons. The number of anilines is 1. The van der Waals surface area contributed by atoms with E-state index in [4.69, 9.17) is 4.74 Å². The number of pyridine rings is 1. The Balaban J connectivity index is 1.65. The van der Waals surface area contributed by atoms with Crippen molar-refractivity contribution in [3.63, 3.8) is 0 Å².